The lowest BCUT2D eigenvalue weighted by Gasteiger charge is -2.34. The molecule has 2 N–H and O–H groups in total. The average molecular weight is 354 g/mol. The molecule has 0 aromatic rings. The summed E-state index contributed by atoms with van der Waals surface area (Å²) < 4.78 is 9.81. The van der Waals surface area contributed by atoms with Gasteiger partial charge in [0.1, 0.15) is 18.8 Å². The molecule has 6 heteroatoms. The molecule has 0 bridgehead atoms. The van der Waals surface area contributed by atoms with Gasteiger partial charge in [0.25, 0.3) is 0 Å². The summed E-state index contributed by atoms with van der Waals surface area (Å²) in [7, 11) is 0. The van der Waals surface area contributed by atoms with E-state index in [1.54, 1.807) is 26.0 Å². The molecule has 1 aliphatic rings. The molecular formula is C19H30O6. The Bertz CT molecular complexity index is 530. The maximum absolute atomic E-state index is 10.8. The molecule has 0 amide bonds. The highest BCUT2D eigenvalue weighted by Gasteiger charge is 2.32. The van der Waals surface area contributed by atoms with Gasteiger partial charge in [-0.25, -0.2) is 0 Å². The molecule has 0 aromatic carbocycles. The largest absolute Gasteiger partial charge is 0.462 e. The van der Waals surface area contributed by atoms with Gasteiger partial charge < -0.3 is 19.7 Å². The zero-order valence-electron chi connectivity index (χ0n) is 15.6. The summed E-state index contributed by atoms with van der Waals surface area (Å²) in [5.41, 5.74) is -1.08. The average Bonchev–Trinajstić information content (AvgIpc) is 2.51. The second-order valence-electron chi connectivity index (χ2n) is 7.22. The Morgan fingerprint density at radius 3 is 2.40 bits per heavy atom. The van der Waals surface area contributed by atoms with Crippen LogP contribution in [0, 0.1) is 5.92 Å². The van der Waals surface area contributed by atoms with E-state index in [4.69, 9.17) is 9.47 Å². The number of ether oxygens (including phenoxy) is 2. The fourth-order valence-electron chi connectivity index (χ4n) is 2.79. The van der Waals surface area contributed by atoms with E-state index in [1.165, 1.54) is 13.8 Å². The number of carbonyl (C=O) groups is 2. The molecule has 25 heavy (non-hydrogen) atoms. The van der Waals surface area contributed by atoms with Crippen molar-refractivity contribution in [3.05, 3.63) is 23.8 Å². The summed E-state index contributed by atoms with van der Waals surface area (Å²) in [4.78, 5) is 21.7. The van der Waals surface area contributed by atoms with E-state index < -0.39 is 17.2 Å². The van der Waals surface area contributed by atoms with Gasteiger partial charge in [0, 0.05) is 13.8 Å². The minimum absolute atomic E-state index is 0.0941. The number of hydrogen-bond acceptors (Lipinski definition) is 6. The van der Waals surface area contributed by atoms with Crippen molar-refractivity contribution in [2.24, 2.45) is 5.92 Å². The normalized spacial score (nSPS) is 22.6. The minimum atomic E-state index is -1.26. The van der Waals surface area contributed by atoms with Crippen LogP contribution in [-0.4, -0.2) is 46.6 Å². The maximum Gasteiger partial charge on any atom is 0.302 e. The smallest absolute Gasteiger partial charge is 0.302 e. The first kappa shape index (κ1) is 21.4. The van der Waals surface area contributed by atoms with Gasteiger partial charge in [0.05, 0.1) is 5.60 Å². The molecule has 0 unspecified atom stereocenters. The van der Waals surface area contributed by atoms with Crippen LogP contribution in [0.15, 0.2) is 23.8 Å². The predicted molar refractivity (Wildman–Crippen MR) is 93.7 cm³/mol. The van der Waals surface area contributed by atoms with Gasteiger partial charge in [0.15, 0.2) is 0 Å². The highest BCUT2D eigenvalue weighted by molar-refractivity contribution is 5.66. The number of rotatable bonds is 8. The molecule has 0 spiro atoms. The third kappa shape index (κ3) is 8.31. The predicted octanol–water partition coefficient (Wildman–Crippen LogP) is 2.29. The zero-order chi connectivity index (χ0) is 19.1. The van der Waals surface area contributed by atoms with E-state index in [0.29, 0.717) is 13.0 Å². The third-order valence-electron chi connectivity index (χ3n) is 4.42. The van der Waals surface area contributed by atoms with Gasteiger partial charge in [-0.3, -0.25) is 9.59 Å². The molecule has 0 radical (unpaired) electrons. The van der Waals surface area contributed by atoms with Crippen LogP contribution in [0.1, 0.15) is 53.4 Å². The van der Waals surface area contributed by atoms with Crippen LogP contribution < -0.4 is 0 Å². The molecule has 3 atom stereocenters. The molecular weight excluding hydrogens is 324 g/mol. The van der Waals surface area contributed by atoms with Crippen molar-refractivity contribution >= 4 is 11.9 Å². The van der Waals surface area contributed by atoms with Gasteiger partial charge in [-0.2, -0.15) is 0 Å². The van der Waals surface area contributed by atoms with Crippen LogP contribution in [0.3, 0.4) is 0 Å². The monoisotopic (exact) mass is 354 g/mol. The van der Waals surface area contributed by atoms with Crippen molar-refractivity contribution in [2.75, 3.05) is 13.2 Å². The number of aliphatic hydroxyl groups is 2. The van der Waals surface area contributed by atoms with Crippen molar-refractivity contribution < 1.29 is 29.3 Å². The van der Waals surface area contributed by atoms with E-state index >= 15 is 0 Å². The summed E-state index contributed by atoms with van der Waals surface area (Å²) >= 11 is 0. The van der Waals surface area contributed by atoms with Crippen molar-refractivity contribution in [3.63, 3.8) is 0 Å². The van der Waals surface area contributed by atoms with Gasteiger partial charge >= 0.3 is 11.9 Å². The summed E-state index contributed by atoms with van der Waals surface area (Å²) in [5, 5.41) is 20.8. The van der Waals surface area contributed by atoms with Gasteiger partial charge in [-0.05, 0) is 51.0 Å². The summed E-state index contributed by atoms with van der Waals surface area (Å²) in [6.45, 7) is 6.21. The first-order valence-electron chi connectivity index (χ1n) is 8.59. The van der Waals surface area contributed by atoms with Crippen molar-refractivity contribution in [2.45, 2.75) is 64.6 Å². The molecule has 0 saturated heterocycles. The Labute approximate surface area is 149 Å². The lowest BCUT2D eigenvalue weighted by atomic mass is 9.77. The molecule has 142 valence electrons. The highest BCUT2D eigenvalue weighted by Crippen LogP contribution is 2.34. The Morgan fingerprint density at radius 1 is 1.24 bits per heavy atom. The first-order chi connectivity index (χ1) is 11.5. The summed E-state index contributed by atoms with van der Waals surface area (Å²) in [6.07, 6.45) is 8.03. The van der Waals surface area contributed by atoms with E-state index in [9.17, 15) is 19.8 Å². The van der Waals surface area contributed by atoms with E-state index in [-0.39, 0.29) is 18.5 Å². The topological polar surface area (TPSA) is 93.1 Å². The van der Waals surface area contributed by atoms with E-state index in [0.717, 1.165) is 24.8 Å². The van der Waals surface area contributed by atoms with Gasteiger partial charge in [-0.1, -0.05) is 18.2 Å². The molecule has 0 aliphatic heterocycles. The summed E-state index contributed by atoms with van der Waals surface area (Å²) in [5.74, 6) is -0.642. The van der Waals surface area contributed by atoms with Crippen LogP contribution in [0.2, 0.25) is 0 Å². The standard InChI is InChI=1S/C19H30O6/c1-14(20)24-12-16-6-8-17(9-7-16)19(4,23)11-5-10-18(3,22)13-25-15(2)21/h5-6,10,17,22-23H,7-9,11-13H2,1-4H3/b10-5+/t17-,18+,19-/m0/s1. The Balaban J connectivity index is 2.51. The molecule has 1 aliphatic carbocycles. The van der Waals surface area contributed by atoms with Crippen LogP contribution in [0.5, 0.6) is 0 Å². The Hall–Kier alpha value is -1.66. The number of esters is 2. The van der Waals surface area contributed by atoms with Crippen LogP contribution in [-0.2, 0) is 19.1 Å². The van der Waals surface area contributed by atoms with Crippen LogP contribution >= 0.6 is 0 Å². The van der Waals surface area contributed by atoms with E-state index in [1.807, 2.05) is 6.08 Å². The second kappa shape index (κ2) is 9.15. The second-order valence-corrected chi connectivity index (χ2v) is 7.22. The van der Waals surface area contributed by atoms with Gasteiger partial charge in [0.2, 0.25) is 0 Å². The van der Waals surface area contributed by atoms with Gasteiger partial charge in [-0.15, -0.1) is 0 Å². The summed E-state index contributed by atoms with van der Waals surface area (Å²) in [6, 6.07) is 0. The lowest BCUT2D eigenvalue weighted by molar-refractivity contribution is -0.146. The Kier molecular flexibility index (Phi) is 7.83. The van der Waals surface area contributed by atoms with Crippen LogP contribution in [0.25, 0.3) is 0 Å². The minimum Gasteiger partial charge on any atom is -0.462 e. The van der Waals surface area contributed by atoms with Crippen molar-refractivity contribution in [1.29, 1.82) is 0 Å². The number of carbonyl (C=O) groups excluding carboxylic acids is 2. The quantitative estimate of drug-likeness (QED) is 0.513. The third-order valence-corrected chi connectivity index (χ3v) is 4.42. The molecule has 1 rings (SSSR count). The highest BCUT2D eigenvalue weighted by atomic mass is 16.5. The molecule has 0 saturated carbocycles. The fourth-order valence-corrected chi connectivity index (χ4v) is 2.79. The zero-order valence-corrected chi connectivity index (χ0v) is 15.6. The lowest BCUT2D eigenvalue weighted by Crippen LogP contribution is -2.35. The van der Waals surface area contributed by atoms with Crippen molar-refractivity contribution in [1.82, 2.24) is 0 Å². The molecule has 0 heterocycles. The van der Waals surface area contributed by atoms with Crippen molar-refractivity contribution in [3.8, 4) is 0 Å². The maximum atomic E-state index is 10.8. The SMILES string of the molecule is CC(=O)OCC1=CC[C@H]([C@@](C)(O)C/C=C/[C@@](C)(O)COC(C)=O)CC1. The first-order valence-corrected chi connectivity index (χ1v) is 8.59. The number of allylic oxidation sites excluding steroid dienone is 1. The Morgan fingerprint density at radius 2 is 1.88 bits per heavy atom. The molecule has 6 nitrogen and oxygen atoms in total. The van der Waals surface area contributed by atoms with Crippen LogP contribution in [0.4, 0.5) is 0 Å². The molecule has 0 fully saturated rings. The van der Waals surface area contributed by atoms with E-state index in [2.05, 4.69) is 0 Å². The fraction of sp³-hybridized carbons (Fsp3) is 0.684. The number of hydrogen-bond donors (Lipinski definition) is 2. The molecule has 0 aromatic heterocycles.